The Morgan fingerprint density at radius 1 is 1.12 bits per heavy atom. The maximum absolute atomic E-state index is 12.4. The zero-order chi connectivity index (χ0) is 19.3. The summed E-state index contributed by atoms with van der Waals surface area (Å²) in [4.78, 5) is 12.4. The van der Waals surface area contributed by atoms with Gasteiger partial charge in [0.1, 0.15) is 11.6 Å². The Morgan fingerprint density at radius 2 is 1.81 bits per heavy atom. The number of carbonyl (C=O) groups excluding carboxylic acids is 1. The van der Waals surface area contributed by atoms with Crippen LogP contribution in [0.25, 0.3) is 0 Å². The molecule has 0 heterocycles. The summed E-state index contributed by atoms with van der Waals surface area (Å²) in [6, 6.07) is 14.4. The standard InChI is InChI=1S/C20H19Cl2N3O/c1-20(2,3)15-6-4-5-7-17(15)24-12-13(11-23)19(26)25-18-9-8-14(21)10-16(18)22/h4-10,12,24H,1-3H3,(H,25,26)/b13-12-. The van der Waals surface area contributed by atoms with Gasteiger partial charge in [-0.2, -0.15) is 5.26 Å². The number of halogens is 2. The average Bonchev–Trinajstić information content (AvgIpc) is 2.57. The van der Waals surface area contributed by atoms with Crippen LogP contribution in [-0.2, 0) is 10.2 Å². The number of amides is 1. The van der Waals surface area contributed by atoms with Gasteiger partial charge in [0.15, 0.2) is 0 Å². The number of nitrogens with zero attached hydrogens (tertiary/aromatic N) is 1. The number of anilines is 2. The second-order valence-electron chi connectivity index (χ2n) is 6.69. The second-order valence-corrected chi connectivity index (χ2v) is 7.53. The molecule has 6 heteroatoms. The molecule has 0 saturated heterocycles. The van der Waals surface area contributed by atoms with Gasteiger partial charge in [-0.25, -0.2) is 0 Å². The van der Waals surface area contributed by atoms with Crippen molar-refractivity contribution in [3.05, 3.63) is 69.8 Å². The zero-order valence-electron chi connectivity index (χ0n) is 14.7. The molecule has 2 rings (SSSR count). The van der Waals surface area contributed by atoms with Crippen molar-refractivity contribution >= 4 is 40.5 Å². The van der Waals surface area contributed by atoms with Crippen LogP contribution in [0.3, 0.4) is 0 Å². The molecule has 0 spiro atoms. The summed E-state index contributed by atoms with van der Waals surface area (Å²) < 4.78 is 0. The zero-order valence-corrected chi connectivity index (χ0v) is 16.2. The number of rotatable bonds is 4. The smallest absolute Gasteiger partial charge is 0.267 e. The number of benzene rings is 2. The molecule has 0 aliphatic rings. The number of hydrogen-bond donors (Lipinski definition) is 2. The van der Waals surface area contributed by atoms with E-state index in [4.69, 9.17) is 23.2 Å². The van der Waals surface area contributed by atoms with Crippen LogP contribution in [-0.4, -0.2) is 5.91 Å². The molecule has 0 aliphatic heterocycles. The highest BCUT2D eigenvalue weighted by Gasteiger charge is 2.17. The SMILES string of the molecule is CC(C)(C)c1ccccc1N/C=C(/C#N)C(=O)Nc1ccc(Cl)cc1Cl. The number of nitrogens with one attached hydrogen (secondary N) is 2. The highest BCUT2D eigenvalue weighted by atomic mass is 35.5. The van der Waals surface area contributed by atoms with E-state index < -0.39 is 5.91 Å². The van der Waals surface area contributed by atoms with Gasteiger partial charge in [-0.05, 0) is 35.2 Å². The van der Waals surface area contributed by atoms with Crippen molar-refractivity contribution in [2.45, 2.75) is 26.2 Å². The summed E-state index contributed by atoms with van der Waals surface area (Å²) in [5, 5.41) is 15.8. The summed E-state index contributed by atoms with van der Waals surface area (Å²) in [6.45, 7) is 6.28. The van der Waals surface area contributed by atoms with Crippen molar-refractivity contribution in [2.75, 3.05) is 10.6 Å². The highest BCUT2D eigenvalue weighted by molar-refractivity contribution is 6.36. The van der Waals surface area contributed by atoms with E-state index in [0.29, 0.717) is 15.7 Å². The van der Waals surface area contributed by atoms with Gasteiger partial charge in [-0.1, -0.05) is 62.2 Å². The Balaban J connectivity index is 2.21. The number of nitriles is 1. The summed E-state index contributed by atoms with van der Waals surface area (Å²) in [5.74, 6) is -0.558. The van der Waals surface area contributed by atoms with Crippen molar-refractivity contribution in [3.63, 3.8) is 0 Å². The molecule has 0 atom stereocenters. The van der Waals surface area contributed by atoms with Crippen LogP contribution >= 0.6 is 23.2 Å². The lowest BCUT2D eigenvalue weighted by Gasteiger charge is -2.22. The second kappa shape index (κ2) is 8.27. The molecule has 0 aliphatic carbocycles. The quantitative estimate of drug-likeness (QED) is 0.518. The lowest BCUT2D eigenvalue weighted by molar-refractivity contribution is -0.112. The van der Waals surface area contributed by atoms with Gasteiger partial charge in [-0.15, -0.1) is 0 Å². The molecule has 0 fully saturated rings. The van der Waals surface area contributed by atoms with Gasteiger partial charge in [0.05, 0.1) is 10.7 Å². The van der Waals surface area contributed by atoms with Crippen LogP contribution in [0.15, 0.2) is 54.2 Å². The lowest BCUT2D eigenvalue weighted by atomic mass is 9.86. The van der Waals surface area contributed by atoms with Gasteiger partial charge in [0, 0.05) is 16.9 Å². The fourth-order valence-electron chi connectivity index (χ4n) is 2.34. The predicted octanol–water partition coefficient (Wildman–Crippen LogP) is 5.75. The van der Waals surface area contributed by atoms with E-state index in [1.165, 1.54) is 12.3 Å². The molecular weight excluding hydrogens is 369 g/mol. The number of para-hydroxylation sites is 1. The van der Waals surface area contributed by atoms with E-state index in [1.807, 2.05) is 30.3 Å². The molecule has 2 aromatic rings. The summed E-state index contributed by atoms with van der Waals surface area (Å²) in [7, 11) is 0. The van der Waals surface area contributed by atoms with Crippen molar-refractivity contribution in [1.82, 2.24) is 0 Å². The maximum Gasteiger partial charge on any atom is 0.267 e. The van der Waals surface area contributed by atoms with Crippen molar-refractivity contribution in [1.29, 1.82) is 5.26 Å². The minimum Gasteiger partial charge on any atom is -0.360 e. The van der Waals surface area contributed by atoms with E-state index in [-0.39, 0.29) is 11.0 Å². The highest BCUT2D eigenvalue weighted by Crippen LogP contribution is 2.29. The summed E-state index contributed by atoms with van der Waals surface area (Å²) in [6.07, 6.45) is 1.39. The van der Waals surface area contributed by atoms with Crippen molar-refractivity contribution < 1.29 is 4.79 Å². The van der Waals surface area contributed by atoms with Crippen LogP contribution in [0.4, 0.5) is 11.4 Å². The van der Waals surface area contributed by atoms with Gasteiger partial charge in [0.25, 0.3) is 5.91 Å². The first-order chi connectivity index (χ1) is 12.2. The minimum absolute atomic E-state index is 0.0697. The van der Waals surface area contributed by atoms with Crippen LogP contribution in [0.5, 0.6) is 0 Å². The topological polar surface area (TPSA) is 64.9 Å². The number of hydrogen-bond acceptors (Lipinski definition) is 3. The largest absolute Gasteiger partial charge is 0.360 e. The molecule has 134 valence electrons. The molecule has 26 heavy (non-hydrogen) atoms. The van der Waals surface area contributed by atoms with Gasteiger partial charge in [-0.3, -0.25) is 4.79 Å². The third-order valence-corrected chi connectivity index (χ3v) is 4.20. The molecule has 2 N–H and O–H groups in total. The van der Waals surface area contributed by atoms with Gasteiger partial charge < -0.3 is 10.6 Å². The van der Waals surface area contributed by atoms with Crippen molar-refractivity contribution in [3.8, 4) is 6.07 Å². The normalized spacial score (nSPS) is 11.6. The van der Waals surface area contributed by atoms with E-state index >= 15 is 0 Å². The molecule has 0 radical (unpaired) electrons. The first-order valence-corrected chi connectivity index (χ1v) is 8.70. The summed E-state index contributed by atoms with van der Waals surface area (Å²) >= 11 is 11.9. The average molecular weight is 388 g/mol. The Morgan fingerprint density at radius 3 is 2.42 bits per heavy atom. The molecule has 1 amide bonds. The van der Waals surface area contributed by atoms with Crippen molar-refractivity contribution in [2.24, 2.45) is 0 Å². The van der Waals surface area contributed by atoms with Gasteiger partial charge in [0.2, 0.25) is 0 Å². The van der Waals surface area contributed by atoms with Crippen LogP contribution < -0.4 is 10.6 Å². The first-order valence-electron chi connectivity index (χ1n) is 7.95. The third kappa shape index (κ3) is 5.01. The molecule has 0 saturated carbocycles. The molecule has 0 unspecified atom stereocenters. The third-order valence-electron chi connectivity index (χ3n) is 3.65. The molecule has 4 nitrogen and oxygen atoms in total. The Labute approximate surface area is 163 Å². The minimum atomic E-state index is -0.558. The number of carbonyl (C=O) groups is 1. The lowest BCUT2D eigenvalue weighted by Crippen LogP contribution is -2.16. The Hall–Kier alpha value is -2.48. The van der Waals surface area contributed by atoms with Crippen LogP contribution in [0, 0.1) is 11.3 Å². The van der Waals surface area contributed by atoms with Crippen LogP contribution in [0.2, 0.25) is 10.0 Å². The Bertz CT molecular complexity index is 893. The van der Waals surface area contributed by atoms with Gasteiger partial charge >= 0.3 is 0 Å². The predicted molar refractivity (Wildman–Crippen MR) is 108 cm³/mol. The monoisotopic (exact) mass is 387 g/mol. The van der Waals surface area contributed by atoms with E-state index in [1.54, 1.807) is 12.1 Å². The molecular formula is C20H19Cl2N3O. The molecule has 0 aromatic heterocycles. The first kappa shape index (κ1) is 19.8. The molecule has 0 bridgehead atoms. The van der Waals surface area contributed by atoms with E-state index in [2.05, 4.69) is 31.4 Å². The molecule has 2 aromatic carbocycles. The van der Waals surface area contributed by atoms with Crippen LogP contribution in [0.1, 0.15) is 26.3 Å². The fraction of sp³-hybridized carbons (Fsp3) is 0.200. The Kier molecular flexibility index (Phi) is 6.31. The summed E-state index contributed by atoms with van der Waals surface area (Å²) in [5.41, 5.74) is 2.15. The fourth-order valence-corrected chi connectivity index (χ4v) is 2.80. The maximum atomic E-state index is 12.4. The van der Waals surface area contributed by atoms with E-state index in [0.717, 1.165) is 11.3 Å². The van der Waals surface area contributed by atoms with E-state index in [9.17, 15) is 10.1 Å².